The van der Waals surface area contributed by atoms with Crippen molar-refractivity contribution >= 4 is 0 Å². The molecular weight excluding hydrogens is 335 g/mol. The first kappa shape index (κ1) is 18.7. The second-order valence-corrected chi connectivity index (χ2v) is 6.47. The van der Waals surface area contributed by atoms with Crippen LogP contribution in [0.1, 0.15) is 36.5 Å². The molecule has 27 heavy (non-hydrogen) atoms. The molecule has 2 heteroatoms. The lowest BCUT2D eigenvalue weighted by Crippen LogP contribution is -1.89. The molecule has 136 valence electrons. The highest BCUT2D eigenvalue weighted by Crippen LogP contribution is 2.24. The van der Waals surface area contributed by atoms with E-state index in [0.717, 1.165) is 23.3 Å². The summed E-state index contributed by atoms with van der Waals surface area (Å²) in [6, 6.07) is 20.8. The minimum Gasteiger partial charge on any atom is -0.497 e. The third-order valence-electron chi connectivity index (χ3n) is 4.49. The number of halogens is 1. The molecule has 0 heterocycles. The van der Waals surface area contributed by atoms with E-state index in [0.29, 0.717) is 11.1 Å². The minimum absolute atomic E-state index is 0.252. The monoisotopic (exact) mass is 358 g/mol. The van der Waals surface area contributed by atoms with E-state index in [2.05, 4.69) is 30.9 Å². The molecule has 0 bridgehead atoms. The smallest absolute Gasteiger partial charge is 0.132 e. The van der Waals surface area contributed by atoms with Crippen LogP contribution in [0.4, 0.5) is 4.39 Å². The van der Waals surface area contributed by atoms with E-state index in [9.17, 15) is 4.39 Å². The number of methoxy groups -OCH3 is 1. The maximum Gasteiger partial charge on any atom is 0.132 e. The van der Waals surface area contributed by atoms with E-state index < -0.39 is 0 Å². The molecule has 0 saturated carbocycles. The maximum atomic E-state index is 14.6. The van der Waals surface area contributed by atoms with E-state index in [1.54, 1.807) is 13.2 Å². The Morgan fingerprint density at radius 3 is 2.15 bits per heavy atom. The van der Waals surface area contributed by atoms with E-state index in [1.807, 2.05) is 42.5 Å². The highest BCUT2D eigenvalue weighted by atomic mass is 19.1. The van der Waals surface area contributed by atoms with Crippen molar-refractivity contribution in [2.24, 2.45) is 0 Å². The number of ether oxygens (including phenoxy) is 1. The molecule has 0 N–H and O–H groups in total. The van der Waals surface area contributed by atoms with Crippen molar-refractivity contribution in [3.05, 3.63) is 89.2 Å². The van der Waals surface area contributed by atoms with Crippen LogP contribution in [-0.4, -0.2) is 7.11 Å². The van der Waals surface area contributed by atoms with Crippen molar-refractivity contribution < 1.29 is 9.13 Å². The zero-order valence-corrected chi connectivity index (χ0v) is 15.8. The second kappa shape index (κ2) is 9.05. The third-order valence-corrected chi connectivity index (χ3v) is 4.49. The Bertz CT molecular complexity index is 944. The Hall–Kier alpha value is -3.05. The molecule has 0 amide bonds. The zero-order valence-electron chi connectivity index (χ0n) is 15.8. The van der Waals surface area contributed by atoms with Crippen LogP contribution in [-0.2, 0) is 6.42 Å². The van der Waals surface area contributed by atoms with Crippen LogP contribution < -0.4 is 4.74 Å². The Balaban J connectivity index is 1.76. The average molecular weight is 358 g/mol. The van der Waals surface area contributed by atoms with Gasteiger partial charge >= 0.3 is 0 Å². The van der Waals surface area contributed by atoms with E-state index in [1.165, 1.54) is 24.5 Å². The normalized spacial score (nSPS) is 10.2. The summed E-state index contributed by atoms with van der Waals surface area (Å²) in [5.41, 5.74) is 4.31. The molecule has 3 aromatic rings. The Labute approximate surface area is 160 Å². The molecule has 3 aromatic carbocycles. The van der Waals surface area contributed by atoms with Crippen molar-refractivity contribution in [2.75, 3.05) is 7.11 Å². The Morgan fingerprint density at radius 2 is 1.52 bits per heavy atom. The van der Waals surface area contributed by atoms with Gasteiger partial charge in [0.25, 0.3) is 0 Å². The predicted octanol–water partition coefficient (Wildman–Crippen LogP) is 6.24. The van der Waals surface area contributed by atoms with Gasteiger partial charge in [-0.3, -0.25) is 0 Å². The van der Waals surface area contributed by atoms with Gasteiger partial charge < -0.3 is 4.74 Å². The van der Waals surface area contributed by atoms with Crippen LogP contribution in [0, 0.1) is 17.7 Å². The van der Waals surface area contributed by atoms with E-state index in [-0.39, 0.29) is 5.82 Å². The van der Waals surface area contributed by atoms with Crippen molar-refractivity contribution in [3.8, 4) is 28.7 Å². The number of benzene rings is 3. The lowest BCUT2D eigenvalue weighted by molar-refractivity contribution is 0.415. The molecule has 0 fully saturated rings. The Morgan fingerprint density at radius 1 is 0.852 bits per heavy atom. The summed E-state index contributed by atoms with van der Waals surface area (Å²) in [4.78, 5) is 0. The molecule has 0 unspecified atom stereocenters. The molecular formula is C25H23FO. The molecule has 0 atom stereocenters. The molecule has 0 spiro atoms. The summed E-state index contributed by atoms with van der Waals surface area (Å²) < 4.78 is 19.7. The van der Waals surface area contributed by atoms with Gasteiger partial charge in [0, 0.05) is 16.7 Å². The maximum absolute atomic E-state index is 14.6. The van der Waals surface area contributed by atoms with Gasteiger partial charge in [-0.2, -0.15) is 0 Å². The highest BCUT2D eigenvalue weighted by Gasteiger charge is 2.06. The predicted molar refractivity (Wildman–Crippen MR) is 109 cm³/mol. The number of hydrogen-bond acceptors (Lipinski definition) is 1. The second-order valence-electron chi connectivity index (χ2n) is 6.47. The molecule has 0 radical (unpaired) electrons. The van der Waals surface area contributed by atoms with Gasteiger partial charge in [0.1, 0.15) is 11.6 Å². The lowest BCUT2D eigenvalue weighted by atomic mass is 10.00. The Kier molecular flexibility index (Phi) is 6.28. The zero-order chi connectivity index (χ0) is 19.1. The van der Waals surface area contributed by atoms with Crippen molar-refractivity contribution in [2.45, 2.75) is 26.2 Å². The SMILES string of the molecule is CCCCc1ccc(-c2ccc(C#Cc3ccc(OC)cc3)cc2F)cc1. The standard InChI is InChI=1S/C25H23FO/c1-3-4-5-19-8-13-22(14-9-19)24-17-12-21(18-25(24)26)7-6-20-10-15-23(27-2)16-11-20/h8-18H,3-5H2,1-2H3. The molecule has 0 aliphatic heterocycles. The fourth-order valence-electron chi connectivity index (χ4n) is 2.88. The fraction of sp³-hybridized carbons (Fsp3) is 0.200. The first-order chi connectivity index (χ1) is 13.2. The summed E-state index contributed by atoms with van der Waals surface area (Å²) in [5.74, 6) is 6.61. The van der Waals surface area contributed by atoms with Gasteiger partial charge in [0.15, 0.2) is 0 Å². The summed E-state index contributed by atoms with van der Waals surface area (Å²) in [5, 5.41) is 0. The largest absolute Gasteiger partial charge is 0.497 e. The topological polar surface area (TPSA) is 9.23 Å². The van der Waals surface area contributed by atoms with Crippen molar-refractivity contribution in [1.29, 1.82) is 0 Å². The van der Waals surface area contributed by atoms with E-state index >= 15 is 0 Å². The van der Waals surface area contributed by atoms with Crippen molar-refractivity contribution in [1.82, 2.24) is 0 Å². The highest BCUT2D eigenvalue weighted by molar-refractivity contribution is 5.65. The first-order valence-electron chi connectivity index (χ1n) is 9.24. The van der Waals surface area contributed by atoms with Crippen LogP contribution in [0.25, 0.3) is 11.1 Å². The summed E-state index contributed by atoms with van der Waals surface area (Å²) in [6.07, 6.45) is 3.42. The third kappa shape index (κ3) is 4.99. The number of hydrogen-bond donors (Lipinski definition) is 0. The molecule has 0 aromatic heterocycles. The summed E-state index contributed by atoms with van der Waals surface area (Å²) >= 11 is 0. The first-order valence-corrected chi connectivity index (χ1v) is 9.24. The fourth-order valence-corrected chi connectivity index (χ4v) is 2.88. The van der Waals surface area contributed by atoms with Gasteiger partial charge in [0.2, 0.25) is 0 Å². The van der Waals surface area contributed by atoms with Crippen LogP contribution in [0.5, 0.6) is 5.75 Å². The quantitative estimate of drug-likeness (QED) is 0.490. The summed E-state index contributed by atoms with van der Waals surface area (Å²) in [6.45, 7) is 2.18. The van der Waals surface area contributed by atoms with Crippen LogP contribution in [0.3, 0.4) is 0 Å². The van der Waals surface area contributed by atoms with E-state index in [4.69, 9.17) is 4.74 Å². The molecule has 1 nitrogen and oxygen atoms in total. The van der Waals surface area contributed by atoms with Crippen LogP contribution >= 0.6 is 0 Å². The number of rotatable bonds is 5. The molecule has 3 rings (SSSR count). The molecule has 0 saturated heterocycles. The minimum atomic E-state index is -0.252. The van der Waals surface area contributed by atoms with Gasteiger partial charge in [-0.15, -0.1) is 0 Å². The van der Waals surface area contributed by atoms with Gasteiger partial charge in [0.05, 0.1) is 7.11 Å². The lowest BCUT2D eigenvalue weighted by Gasteiger charge is -2.06. The molecule has 0 aliphatic rings. The van der Waals surface area contributed by atoms with Gasteiger partial charge in [-0.1, -0.05) is 55.5 Å². The van der Waals surface area contributed by atoms with Gasteiger partial charge in [-0.05, 0) is 60.4 Å². The van der Waals surface area contributed by atoms with Gasteiger partial charge in [-0.25, -0.2) is 4.39 Å². The molecule has 0 aliphatic carbocycles. The van der Waals surface area contributed by atoms with Crippen LogP contribution in [0.15, 0.2) is 66.7 Å². The average Bonchev–Trinajstić information content (AvgIpc) is 2.71. The van der Waals surface area contributed by atoms with Crippen LogP contribution in [0.2, 0.25) is 0 Å². The van der Waals surface area contributed by atoms with Crippen molar-refractivity contribution in [3.63, 3.8) is 0 Å². The number of aryl methyl sites for hydroxylation is 1. The summed E-state index contributed by atoms with van der Waals surface area (Å²) in [7, 11) is 1.63. The number of unbranched alkanes of at least 4 members (excludes halogenated alkanes) is 1.